The standard InChI is InChI=1S/C14H31N3O/c1-5-10-17(11-9-13(18)16-8-4)14(6-2,7-3)12-15/h5-12,15H2,1-4H3,(H,16,18). The fourth-order valence-electron chi connectivity index (χ4n) is 2.49. The summed E-state index contributed by atoms with van der Waals surface area (Å²) in [4.78, 5) is 14.0. The van der Waals surface area contributed by atoms with Crippen LogP contribution in [0.15, 0.2) is 0 Å². The predicted molar refractivity (Wildman–Crippen MR) is 77.5 cm³/mol. The molecule has 0 atom stereocenters. The summed E-state index contributed by atoms with van der Waals surface area (Å²) in [5, 5.41) is 2.85. The molecule has 0 aromatic rings. The molecule has 0 radical (unpaired) electrons. The van der Waals surface area contributed by atoms with Crippen LogP contribution in [0.2, 0.25) is 0 Å². The van der Waals surface area contributed by atoms with Crippen molar-refractivity contribution in [2.45, 2.75) is 58.9 Å². The van der Waals surface area contributed by atoms with E-state index in [-0.39, 0.29) is 11.4 Å². The van der Waals surface area contributed by atoms with Crippen LogP contribution in [0.1, 0.15) is 53.4 Å². The average molecular weight is 257 g/mol. The van der Waals surface area contributed by atoms with Crippen LogP contribution in [0.4, 0.5) is 0 Å². The molecule has 0 saturated carbocycles. The Morgan fingerprint density at radius 2 is 1.78 bits per heavy atom. The van der Waals surface area contributed by atoms with Crippen molar-refractivity contribution in [3.05, 3.63) is 0 Å². The van der Waals surface area contributed by atoms with Crippen molar-refractivity contribution >= 4 is 5.91 Å². The molecule has 18 heavy (non-hydrogen) atoms. The summed E-state index contributed by atoms with van der Waals surface area (Å²) in [6, 6.07) is 0. The van der Waals surface area contributed by atoms with Crippen LogP contribution in [0.25, 0.3) is 0 Å². The van der Waals surface area contributed by atoms with E-state index >= 15 is 0 Å². The first kappa shape index (κ1) is 17.4. The molecule has 0 aliphatic carbocycles. The summed E-state index contributed by atoms with van der Waals surface area (Å²) < 4.78 is 0. The van der Waals surface area contributed by atoms with Gasteiger partial charge in [-0.15, -0.1) is 0 Å². The van der Waals surface area contributed by atoms with Crippen molar-refractivity contribution in [2.75, 3.05) is 26.2 Å². The maximum atomic E-state index is 11.6. The van der Waals surface area contributed by atoms with Gasteiger partial charge in [0.25, 0.3) is 0 Å². The fourth-order valence-corrected chi connectivity index (χ4v) is 2.49. The molecule has 0 unspecified atom stereocenters. The summed E-state index contributed by atoms with van der Waals surface area (Å²) in [6.07, 6.45) is 3.73. The molecule has 0 heterocycles. The van der Waals surface area contributed by atoms with Crippen LogP contribution < -0.4 is 11.1 Å². The molecule has 0 fully saturated rings. The van der Waals surface area contributed by atoms with Crippen LogP contribution in [0.5, 0.6) is 0 Å². The van der Waals surface area contributed by atoms with Crippen molar-refractivity contribution in [2.24, 2.45) is 5.73 Å². The molecule has 0 aromatic heterocycles. The Bertz CT molecular complexity index is 219. The molecule has 0 aromatic carbocycles. The van der Waals surface area contributed by atoms with E-state index in [4.69, 9.17) is 5.73 Å². The van der Waals surface area contributed by atoms with Gasteiger partial charge in [0.15, 0.2) is 0 Å². The van der Waals surface area contributed by atoms with Crippen LogP contribution in [0, 0.1) is 0 Å². The number of nitrogens with one attached hydrogen (secondary N) is 1. The second kappa shape index (κ2) is 9.34. The predicted octanol–water partition coefficient (Wildman–Crippen LogP) is 1.74. The van der Waals surface area contributed by atoms with Crippen molar-refractivity contribution in [1.29, 1.82) is 0 Å². The number of amides is 1. The van der Waals surface area contributed by atoms with Crippen molar-refractivity contribution in [3.63, 3.8) is 0 Å². The van der Waals surface area contributed by atoms with Gasteiger partial charge in [-0.1, -0.05) is 20.8 Å². The quantitative estimate of drug-likeness (QED) is 0.627. The molecule has 4 nitrogen and oxygen atoms in total. The second-order valence-corrected chi connectivity index (χ2v) is 4.83. The highest BCUT2D eigenvalue weighted by Gasteiger charge is 2.31. The molecule has 0 aliphatic heterocycles. The van der Waals surface area contributed by atoms with E-state index in [1.807, 2.05) is 6.92 Å². The van der Waals surface area contributed by atoms with E-state index in [9.17, 15) is 4.79 Å². The summed E-state index contributed by atoms with van der Waals surface area (Å²) in [5.74, 6) is 0.136. The van der Waals surface area contributed by atoms with Gasteiger partial charge in [-0.2, -0.15) is 0 Å². The Hall–Kier alpha value is -0.610. The number of nitrogens with two attached hydrogens (primary N) is 1. The summed E-state index contributed by atoms with van der Waals surface area (Å²) in [7, 11) is 0. The Labute approximate surface area is 112 Å². The first-order valence-corrected chi connectivity index (χ1v) is 7.31. The van der Waals surface area contributed by atoms with E-state index in [1.165, 1.54) is 0 Å². The van der Waals surface area contributed by atoms with Gasteiger partial charge in [-0.05, 0) is 32.7 Å². The third-order valence-corrected chi connectivity index (χ3v) is 3.84. The highest BCUT2D eigenvalue weighted by atomic mass is 16.1. The van der Waals surface area contributed by atoms with E-state index < -0.39 is 0 Å². The second-order valence-electron chi connectivity index (χ2n) is 4.83. The third kappa shape index (κ3) is 4.94. The smallest absolute Gasteiger partial charge is 0.221 e. The van der Waals surface area contributed by atoms with Crippen molar-refractivity contribution in [3.8, 4) is 0 Å². The minimum atomic E-state index is 0.0580. The van der Waals surface area contributed by atoms with E-state index in [0.29, 0.717) is 19.5 Å². The molecule has 0 saturated heterocycles. The van der Waals surface area contributed by atoms with Gasteiger partial charge < -0.3 is 11.1 Å². The summed E-state index contributed by atoms with van der Waals surface area (Å²) in [6.45, 7) is 11.7. The average Bonchev–Trinajstić information content (AvgIpc) is 2.38. The number of hydrogen-bond donors (Lipinski definition) is 2. The molecule has 0 rings (SSSR count). The van der Waals surface area contributed by atoms with Gasteiger partial charge >= 0.3 is 0 Å². The molecular formula is C14H31N3O. The van der Waals surface area contributed by atoms with E-state index in [1.54, 1.807) is 0 Å². The maximum Gasteiger partial charge on any atom is 0.221 e. The molecule has 0 bridgehead atoms. The zero-order chi connectivity index (χ0) is 14.0. The monoisotopic (exact) mass is 257 g/mol. The van der Waals surface area contributed by atoms with Crippen LogP contribution in [-0.2, 0) is 4.79 Å². The molecule has 4 heteroatoms. The lowest BCUT2D eigenvalue weighted by molar-refractivity contribution is -0.121. The zero-order valence-electron chi connectivity index (χ0n) is 12.6. The molecule has 0 spiro atoms. The van der Waals surface area contributed by atoms with Gasteiger partial charge in [0.2, 0.25) is 5.91 Å². The lowest BCUT2D eigenvalue weighted by atomic mass is 9.90. The Balaban J connectivity index is 4.57. The zero-order valence-corrected chi connectivity index (χ0v) is 12.6. The minimum absolute atomic E-state index is 0.0580. The normalized spacial score (nSPS) is 11.9. The third-order valence-electron chi connectivity index (χ3n) is 3.84. The lowest BCUT2D eigenvalue weighted by Crippen LogP contribution is -2.54. The summed E-state index contributed by atoms with van der Waals surface area (Å²) >= 11 is 0. The van der Waals surface area contributed by atoms with Gasteiger partial charge in [0.1, 0.15) is 0 Å². The number of hydrogen-bond acceptors (Lipinski definition) is 3. The van der Waals surface area contributed by atoms with Crippen molar-refractivity contribution in [1.82, 2.24) is 10.2 Å². The minimum Gasteiger partial charge on any atom is -0.356 e. The van der Waals surface area contributed by atoms with Crippen LogP contribution in [-0.4, -0.2) is 42.5 Å². The number of nitrogens with zero attached hydrogens (tertiary/aromatic N) is 1. The molecular weight excluding hydrogens is 226 g/mol. The Kier molecular flexibility index (Phi) is 9.02. The van der Waals surface area contributed by atoms with Gasteiger partial charge in [0, 0.05) is 31.6 Å². The number of rotatable bonds is 10. The van der Waals surface area contributed by atoms with Gasteiger partial charge in [-0.3, -0.25) is 9.69 Å². The fraction of sp³-hybridized carbons (Fsp3) is 0.929. The summed E-state index contributed by atoms with van der Waals surface area (Å²) in [5.41, 5.74) is 6.04. The Morgan fingerprint density at radius 1 is 1.17 bits per heavy atom. The molecule has 0 aliphatic rings. The van der Waals surface area contributed by atoms with E-state index in [2.05, 4.69) is 31.0 Å². The molecule has 1 amide bonds. The number of carbonyl (C=O) groups excluding carboxylic acids is 1. The highest BCUT2D eigenvalue weighted by Crippen LogP contribution is 2.23. The maximum absolute atomic E-state index is 11.6. The van der Waals surface area contributed by atoms with Crippen molar-refractivity contribution < 1.29 is 4.79 Å². The lowest BCUT2D eigenvalue weighted by Gasteiger charge is -2.42. The SMILES string of the molecule is CCCN(CCC(=O)NCC)C(CC)(CC)CN. The largest absolute Gasteiger partial charge is 0.356 e. The van der Waals surface area contributed by atoms with E-state index in [0.717, 1.165) is 32.4 Å². The number of carbonyl (C=O) groups is 1. The first-order chi connectivity index (χ1) is 8.60. The van der Waals surface area contributed by atoms with Crippen LogP contribution >= 0.6 is 0 Å². The topological polar surface area (TPSA) is 58.4 Å². The van der Waals surface area contributed by atoms with Gasteiger partial charge in [-0.25, -0.2) is 0 Å². The highest BCUT2D eigenvalue weighted by molar-refractivity contribution is 5.75. The molecule has 3 N–H and O–H groups in total. The molecule has 108 valence electrons. The first-order valence-electron chi connectivity index (χ1n) is 7.31. The van der Waals surface area contributed by atoms with Crippen LogP contribution in [0.3, 0.4) is 0 Å². The Morgan fingerprint density at radius 3 is 2.17 bits per heavy atom. The van der Waals surface area contributed by atoms with Gasteiger partial charge in [0.05, 0.1) is 0 Å².